The van der Waals surface area contributed by atoms with Crippen molar-refractivity contribution in [1.82, 2.24) is 20.1 Å². The lowest BCUT2D eigenvalue weighted by atomic mass is 10.3. The van der Waals surface area contributed by atoms with Crippen LogP contribution >= 0.6 is 11.3 Å². The molecule has 1 aliphatic rings. The van der Waals surface area contributed by atoms with Gasteiger partial charge < -0.3 is 19.1 Å². The number of nitrogens with zero attached hydrogens (tertiary/aromatic N) is 4. The number of amides is 1. The maximum atomic E-state index is 13.0. The standard InChI is InChI=1S/C20H19N5O4S/c26-15(21-11-13-5-3-9-28-13)12-25-19(27)17-18(16(23-25)14-6-4-10-29-14)30-20(22-17)24-7-1-2-8-24/h3-6,9-10H,1-2,7-8,11-12H2,(H,21,26). The van der Waals surface area contributed by atoms with Crippen molar-refractivity contribution in [2.75, 3.05) is 18.0 Å². The molecule has 1 fully saturated rings. The number of nitrogens with one attached hydrogen (secondary N) is 1. The lowest BCUT2D eigenvalue weighted by molar-refractivity contribution is -0.122. The second-order valence-corrected chi connectivity index (χ2v) is 7.99. The average Bonchev–Trinajstić information content (AvgIpc) is 3.56. The van der Waals surface area contributed by atoms with Crippen LogP contribution in [0, 0.1) is 0 Å². The highest BCUT2D eigenvalue weighted by Gasteiger charge is 2.23. The largest absolute Gasteiger partial charge is 0.467 e. The van der Waals surface area contributed by atoms with Crippen molar-refractivity contribution >= 4 is 32.6 Å². The molecule has 1 amide bonds. The third-order valence-electron chi connectivity index (χ3n) is 4.95. The Balaban J connectivity index is 1.50. The van der Waals surface area contributed by atoms with Crippen molar-refractivity contribution in [2.24, 2.45) is 0 Å². The van der Waals surface area contributed by atoms with Gasteiger partial charge in [-0.3, -0.25) is 9.59 Å². The summed E-state index contributed by atoms with van der Waals surface area (Å²) in [5, 5.41) is 7.98. The van der Waals surface area contributed by atoms with E-state index in [1.165, 1.54) is 17.6 Å². The van der Waals surface area contributed by atoms with Gasteiger partial charge in [0.1, 0.15) is 18.0 Å². The van der Waals surface area contributed by atoms with Crippen molar-refractivity contribution in [2.45, 2.75) is 25.9 Å². The van der Waals surface area contributed by atoms with E-state index in [9.17, 15) is 9.59 Å². The minimum absolute atomic E-state index is 0.222. The van der Waals surface area contributed by atoms with Gasteiger partial charge in [0.2, 0.25) is 5.91 Å². The molecule has 1 N–H and O–H groups in total. The van der Waals surface area contributed by atoms with E-state index in [1.54, 1.807) is 30.5 Å². The summed E-state index contributed by atoms with van der Waals surface area (Å²) in [5.74, 6) is 0.812. The number of fused-ring (bicyclic) bond motifs is 1. The molecule has 10 heteroatoms. The van der Waals surface area contributed by atoms with Gasteiger partial charge in [-0.05, 0) is 37.1 Å². The number of furan rings is 2. The Kier molecular flexibility index (Phi) is 4.83. The van der Waals surface area contributed by atoms with Gasteiger partial charge >= 0.3 is 0 Å². The molecule has 0 bridgehead atoms. The zero-order chi connectivity index (χ0) is 20.5. The number of thiazole rings is 1. The highest BCUT2D eigenvalue weighted by atomic mass is 32.1. The summed E-state index contributed by atoms with van der Waals surface area (Å²) in [5.41, 5.74) is 0.425. The molecule has 0 unspecified atom stereocenters. The van der Waals surface area contributed by atoms with Crippen LogP contribution in [0.25, 0.3) is 21.7 Å². The van der Waals surface area contributed by atoms with Crippen LogP contribution < -0.4 is 15.8 Å². The molecule has 5 rings (SSSR count). The molecule has 30 heavy (non-hydrogen) atoms. The quantitative estimate of drug-likeness (QED) is 0.506. The van der Waals surface area contributed by atoms with Gasteiger partial charge in [0.25, 0.3) is 5.56 Å². The molecule has 154 valence electrons. The fraction of sp³-hybridized carbons (Fsp3) is 0.300. The summed E-state index contributed by atoms with van der Waals surface area (Å²) in [7, 11) is 0. The van der Waals surface area contributed by atoms with Gasteiger partial charge in [0.05, 0.1) is 23.8 Å². The monoisotopic (exact) mass is 425 g/mol. The molecule has 0 aliphatic carbocycles. The van der Waals surface area contributed by atoms with E-state index in [0.717, 1.165) is 35.7 Å². The summed E-state index contributed by atoms with van der Waals surface area (Å²) in [6.07, 6.45) is 5.31. The smallest absolute Gasteiger partial charge is 0.294 e. The van der Waals surface area contributed by atoms with E-state index in [0.29, 0.717) is 27.4 Å². The maximum Gasteiger partial charge on any atom is 0.294 e. The Morgan fingerprint density at radius 3 is 2.70 bits per heavy atom. The molecule has 5 heterocycles. The Hall–Kier alpha value is -3.40. The molecular weight excluding hydrogens is 406 g/mol. The first-order valence-corrected chi connectivity index (χ1v) is 10.5. The summed E-state index contributed by atoms with van der Waals surface area (Å²) >= 11 is 1.44. The van der Waals surface area contributed by atoms with Crippen LogP contribution in [0.4, 0.5) is 5.13 Å². The van der Waals surface area contributed by atoms with Crippen LogP contribution in [-0.4, -0.2) is 33.8 Å². The fourth-order valence-corrected chi connectivity index (χ4v) is 4.56. The first kappa shape index (κ1) is 18.6. The maximum absolute atomic E-state index is 13.0. The average molecular weight is 425 g/mol. The Morgan fingerprint density at radius 2 is 1.97 bits per heavy atom. The molecule has 0 spiro atoms. The normalized spacial score (nSPS) is 13.9. The number of hydrogen-bond donors (Lipinski definition) is 1. The molecule has 1 aliphatic heterocycles. The zero-order valence-electron chi connectivity index (χ0n) is 16.0. The van der Waals surface area contributed by atoms with Crippen molar-refractivity contribution in [1.29, 1.82) is 0 Å². The van der Waals surface area contributed by atoms with Gasteiger partial charge in [0.15, 0.2) is 16.4 Å². The van der Waals surface area contributed by atoms with Crippen LogP contribution in [0.5, 0.6) is 0 Å². The van der Waals surface area contributed by atoms with E-state index >= 15 is 0 Å². The number of carbonyl (C=O) groups is 1. The highest BCUT2D eigenvalue weighted by molar-refractivity contribution is 7.22. The molecule has 0 radical (unpaired) electrons. The number of anilines is 1. The zero-order valence-corrected chi connectivity index (χ0v) is 16.9. The number of carbonyl (C=O) groups excluding carboxylic acids is 1. The van der Waals surface area contributed by atoms with Crippen LogP contribution in [-0.2, 0) is 17.9 Å². The topological polar surface area (TPSA) is 106 Å². The second-order valence-electron chi connectivity index (χ2n) is 7.01. The van der Waals surface area contributed by atoms with Crippen LogP contribution in [0.2, 0.25) is 0 Å². The SMILES string of the molecule is O=C(Cn1nc(-c2ccco2)c2sc(N3CCCC3)nc2c1=O)NCc1ccco1. The molecule has 0 saturated carbocycles. The molecule has 4 aromatic heterocycles. The number of hydrogen-bond acceptors (Lipinski definition) is 8. The minimum Gasteiger partial charge on any atom is -0.467 e. The van der Waals surface area contributed by atoms with Crippen molar-refractivity contribution in [3.05, 3.63) is 52.9 Å². The van der Waals surface area contributed by atoms with Gasteiger partial charge in [0, 0.05) is 13.1 Å². The van der Waals surface area contributed by atoms with Crippen molar-refractivity contribution < 1.29 is 13.6 Å². The van der Waals surface area contributed by atoms with Crippen LogP contribution in [0.1, 0.15) is 18.6 Å². The first-order chi connectivity index (χ1) is 14.7. The molecule has 9 nitrogen and oxygen atoms in total. The number of rotatable bonds is 6. The Labute approximate surface area is 174 Å². The van der Waals surface area contributed by atoms with Crippen LogP contribution in [0.15, 0.2) is 50.4 Å². The van der Waals surface area contributed by atoms with Crippen molar-refractivity contribution in [3.8, 4) is 11.5 Å². The molecule has 1 saturated heterocycles. The third-order valence-corrected chi connectivity index (χ3v) is 6.08. The van der Waals surface area contributed by atoms with E-state index in [2.05, 4.69) is 20.3 Å². The van der Waals surface area contributed by atoms with E-state index in [1.807, 2.05) is 0 Å². The van der Waals surface area contributed by atoms with Crippen molar-refractivity contribution in [3.63, 3.8) is 0 Å². The summed E-state index contributed by atoms with van der Waals surface area (Å²) < 4.78 is 12.6. The Bertz CT molecular complexity index is 1220. The van der Waals surface area contributed by atoms with Gasteiger partial charge in [-0.1, -0.05) is 11.3 Å². The van der Waals surface area contributed by atoms with E-state index in [-0.39, 0.29) is 19.0 Å². The minimum atomic E-state index is -0.393. The molecular formula is C20H19N5O4S. The van der Waals surface area contributed by atoms with Gasteiger partial charge in [-0.2, -0.15) is 5.10 Å². The van der Waals surface area contributed by atoms with Gasteiger partial charge in [-0.15, -0.1) is 0 Å². The highest BCUT2D eigenvalue weighted by Crippen LogP contribution is 2.34. The summed E-state index contributed by atoms with van der Waals surface area (Å²) in [4.78, 5) is 32.2. The third kappa shape index (κ3) is 3.50. The lowest BCUT2D eigenvalue weighted by Crippen LogP contribution is -2.33. The second kappa shape index (κ2) is 7.79. The molecule has 4 aromatic rings. The van der Waals surface area contributed by atoms with E-state index in [4.69, 9.17) is 8.83 Å². The summed E-state index contributed by atoms with van der Waals surface area (Å²) in [6, 6.07) is 7.05. The Morgan fingerprint density at radius 1 is 1.17 bits per heavy atom. The molecule has 0 aromatic carbocycles. The van der Waals surface area contributed by atoms with E-state index < -0.39 is 5.56 Å². The fourth-order valence-electron chi connectivity index (χ4n) is 3.46. The predicted octanol–water partition coefficient (Wildman–Crippen LogP) is 2.62. The number of aromatic nitrogens is 3. The predicted molar refractivity (Wildman–Crippen MR) is 111 cm³/mol. The molecule has 0 atom stereocenters. The lowest BCUT2D eigenvalue weighted by Gasteiger charge is -2.11. The van der Waals surface area contributed by atoms with Crippen LogP contribution in [0.3, 0.4) is 0 Å². The van der Waals surface area contributed by atoms with Gasteiger partial charge in [-0.25, -0.2) is 9.67 Å². The summed E-state index contributed by atoms with van der Waals surface area (Å²) in [6.45, 7) is 1.86. The first-order valence-electron chi connectivity index (χ1n) is 9.68.